The molecule has 0 spiro atoms. The normalized spacial score (nSPS) is 13.7. The van der Waals surface area contributed by atoms with Crippen molar-refractivity contribution in [3.8, 4) is 6.07 Å². The Hall–Kier alpha value is -1.30. The Morgan fingerprint density at radius 1 is 1.82 bits per heavy atom. The molecule has 0 aromatic carbocycles. The summed E-state index contributed by atoms with van der Waals surface area (Å²) >= 11 is 0. The van der Waals surface area contributed by atoms with E-state index in [-0.39, 0.29) is 11.5 Å². The molecular weight excluding hydrogens is 142 g/mol. The van der Waals surface area contributed by atoms with Gasteiger partial charge in [-0.2, -0.15) is 5.26 Å². The van der Waals surface area contributed by atoms with Gasteiger partial charge in [0.15, 0.2) is 0 Å². The van der Waals surface area contributed by atoms with Crippen LogP contribution >= 0.6 is 0 Å². The molecule has 0 bridgehead atoms. The van der Waals surface area contributed by atoms with Crippen molar-refractivity contribution in [1.82, 2.24) is 0 Å². The summed E-state index contributed by atoms with van der Waals surface area (Å²) in [5, 5.41) is 16.8. The summed E-state index contributed by atoms with van der Waals surface area (Å²) in [6.45, 7) is 3.82. The summed E-state index contributed by atoms with van der Waals surface area (Å²) in [7, 11) is 0. The molecule has 0 radical (unpaired) electrons. The maximum absolute atomic E-state index is 10.3. The second-order valence-electron chi connectivity index (χ2n) is 2.38. The largest absolute Gasteiger partial charge is 0.477 e. The standard InChI is InChI=1S/C8H11NO2/c1-3-6(2)4-7(5-9)8(10)11/h4,6H,3H2,1-2H3,(H,10,11). The Balaban J connectivity index is 4.39. The molecule has 11 heavy (non-hydrogen) atoms. The Labute approximate surface area is 66.0 Å². The fourth-order valence-electron chi connectivity index (χ4n) is 0.559. The van der Waals surface area contributed by atoms with E-state index in [0.29, 0.717) is 0 Å². The summed E-state index contributed by atoms with van der Waals surface area (Å²) in [6, 6.07) is 1.63. The lowest BCUT2D eigenvalue weighted by Crippen LogP contribution is -2.00. The molecule has 0 aliphatic carbocycles. The second-order valence-corrected chi connectivity index (χ2v) is 2.38. The molecule has 0 saturated carbocycles. The molecule has 0 rings (SSSR count). The Morgan fingerprint density at radius 2 is 2.36 bits per heavy atom. The van der Waals surface area contributed by atoms with Crippen molar-refractivity contribution in [2.24, 2.45) is 5.92 Å². The molecule has 3 heteroatoms. The van der Waals surface area contributed by atoms with E-state index in [2.05, 4.69) is 0 Å². The summed E-state index contributed by atoms with van der Waals surface area (Å²) in [6.07, 6.45) is 2.32. The molecule has 0 saturated heterocycles. The van der Waals surface area contributed by atoms with Crippen molar-refractivity contribution >= 4 is 5.97 Å². The second kappa shape index (κ2) is 4.51. The lowest BCUT2D eigenvalue weighted by Gasteiger charge is -1.99. The van der Waals surface area contributed by atoms with Crippen LogP contribution in [0.25, 0.3) is 0 Å². The van der Waals surface area contributed by atoms with E-state index in [0.717, 1.165) is 6.42 Å². The number of rotatable bonds is 3. The van der Waals surface area contributed by atoms with Gasteiger partial charge in [-0.15, -0.1) is 0 Å². The fourth-order valence-corrected chi connectivity index (χ4v) is 0.559. The molecule has 0 amide bonds. The molecule has 0 aliphatic heterocycles. The first-order valence-electron chi connectivity index (χ1n) is 3.47. The van der Waals surface area contributed by atoms with Gasteiger partial charge in [-0.3, -0.25) is 0 Å². The van der Waals surface area contributed by atoms with E-state index < -0.39 is 5.97 Å². The van der Waals surface area contributed by atoms with Crippen molar-refractivity contribution in [3.05, 3.63) is 11.6 Å². The highest BCUT2D eigenvalue weighted by Crippen LogP contribution is 2.06. The number of carbonyl (C=O) groups is 1. The molecule has 0 aromatic heterocycles. The number of nitrogens with zero attached hydrogens (tertiary/aromatic N) is 1. The molecule has 0 fully saturated rings. The lowest BCUT2D eigenvalue weighted by molar-refractivity contribution is -0.132. The van der Waals surface area contributed by atoms with Gasteiger partial charge in [0.25, 0.3) is 0 Å². The first kappa shape index (κ1) is 9.70. The molecule has 0 heterocycles. The zero-order chi connectivity index (χ0) is 8.85. The summed E-state index contributed by atoms with van der Waals surface area (Å²) in [5.74, 6) is -0.992. The summed E-state index contributed by atoms with van der Waals surface area (Å²) < 4.78 is 0. The highest BCUT2D eigenvalue weighted by Gasteiger charge is 2.06. The number of hydrogen-bond acceptors (Lipinski definition) is 2. The van der Waals surface area contributed by atoms with E-state index in [1.807, 2.05) is 13.8 Å². The smallest absolute Gasteiger partial charge is 0.346 e. The predicted molar refractivity (Wildman–Crippen MR) is 40.8 cm³/mol. The monoisotopic (exact) mass is 153 g/mol. The zero-order valence-electron chi connectivity index (χ0n) is 6.66. The molecule has 60 valence electrons. The van der Waals surface area contributed by atoms with Crippen LogP contribution in [0.3, 0.4) is 0 Å². The van der Waals surface area contributed by atoms with E-state index >= 15 is 0 Å². The third-order valence-electron chi connectivity index (χ3n) is 1.45. The van der Waals surface area contributed by atoms with Gasteiger partial charge in [0.05, 0.1) is 0 Å². The highest BCUT2D eigenvalue weighted by atomic mass is 16.4. The van der Waals surface area contributed by atoms with Crippen LogP contribution in [0.15, 0.2) is 11.6 Å². The van der Waals surface area contributed by atoms with Gasteiger partial charge in [-0.05, 0) is 5.92 Å². The molecule has 1 N–H and O–H groups in total. The van der Waals surface area contributed by atoms with E-state index in [9.17, 15) is 4.79 Å². The fraction of sp³-hybridized carbons (Fsp3) is 0.500. The van der Waals surface area contributed by atoms with Gasteiger partial charge in [0.1, 0.15) is 11.6 Å². The van der Waals surface area contributed by atoms with Crippen LogP contribution in [-0.4, -0.2) is 11.1 Å². The van der Waals surface area contributed by atoms with E-state index in [4.69, 9.17) is 10.4 Å². The van der Waals surface area contributed by atoms with Crippen LogP contribution < -0.4 is 0 Å². The van der Waals surface area contributed by atoms with Crippen molar-refractivity contribution in [1.29, 1.82) is 5.26 Å². The number of nitriles is 1. The van der Waals surface area contributed by atoms with Crippen molar-refractivity contribution in [2.75, 3.05) is 0 Å². The molecule has 0 aromatic rings. The lowest BCUT2D eigenvalue weighted by atomic mass is 10.1. The number of allylic oxidation sites excluding steroid dienone is 1. The van der Waals surface area contributed by atoms with Gasteiger partial charge < -0.3 is 5.11 Å². The molecule has 1 atom stereocenters. The van der Waals surface area contributed by atoms with Crippen LogP contribution in [-0.2, 0) is 4.79 Å². The minimum Gasteiger partial charge on any atom is -0.477 e. The number of carboxylic acids is 1. The van der Waals surface area contributed by atoms with Crippen LogP contribution in [0.2, 0.25) is 0 Å². The zero-order valence-corrected chi connectivity index (χ0v) is 6.66. The quantitative estimate of drug-likeness (QED) is 0.494. The van der Waals surface area contributed by atoms with Gasteiger partial charge in [0, 0.05) is 0 Å². The predicted octanol–water partition coefficient (Wildman–Crippen LogP) is 1.57. The topological polar surface area (TPSA) is 61.1 Å². The molecule has 0 aliphatic rings. The highest BCUT2D eigenvalue weighted by molar-refractivity contribution is 5.90. The molecule has 3 nitrogen and oxygen atoms in total. The Bertz CT molecular complexity index is 213. The summed E-state index contributed by atoms with van der Waals surface area (Å²) in [5.41, 5.74) is -0.167. The number of aliphatic carboxylic acids is 1. The minimum atomic E-state index is -1.15. The SMILES string of the molecule is CCC(C)C=C(C#N)C(=O)O. The van der Waals surface area contributed by atoms with Crippen molar-refractivity contribution < 1.29 is 9.90 Å². The summed E-state index contributed by atoms with van der Waals surface area (Å²) in [4.78, 5) is 10.3. The molecular formula is C8H11NO2. The first-order valence-corrected chi connectivity index (χ1v) is 3.47. The number of hydrogen-bond donors (Lipinski definition) is 1. The maximum atomic E-state index is 10.3. The van der Waals surface area contributed by atoms with Crippen LogP contribution in [0.1, 0.15) is 20.3 Å². The van der Waals surface area contributed by atoms with Crippen LogP contribution in [0, 0.1) is 17.2 Å². The van der Waals surface area contributed by atoms with E-state index in [1.54, 1.807) is 6.07 Å². The van der Waals surface area contributed by atoms with Gasteiger partial charge >= 0.3 is 5.97 Å². The average Bonchev–Trinajstić information content (AvgIpc) is 1.99. The molecule has 1 unspecified atom stereocenters. The van der Waals surface area contributed by atoms with Gasteiger partial charge in [0.2, 0.25) is 0 Å². The van der Waals surface area contributed by atoms with Gasteiger partial charge in [-0.1, -0.05) is 26.3 Å². The van der Waals surface area contributed by atoms with E-state index in [1.165, 1.54) is 6.08 Å². The van der Waals surface area contributed by atoms with Crippen molar-refractivity contribution in [3.63, 3.8) is 0 Å². The average molecular weight is 153 g/mol. The maximum Gasteiger partial charge on any atom is 0.346 e. The van der Waals surface area contributed by atoms with Crippen molar-refractivity contribution in [2.45, 2.75) is 20.3 Å². The van der Waals surface area contributed by atoms with Gasteiger partial charge in [-0.25, -0.2) is 4.79 Å². The Kier molecular flexibility index (Phi) is 3.97. The minimum absolute atomic E-state index is 0.153. The Morgan fingerprint density at radius 3 is 2.64 bits per heavy atom. The van der Waals surface area contributed by atoms with Crippen LogP contribution in [0.5, 0.6) is 0 Å². The third-order valence-corrected chi connectivity index (χ3v) is 1.45. The third kappa shape index (κ3) is 3.41. The van der Waals surface area contributed by atoms with Crippen LogP contribution in [0.4, 0.5) is 0 Å². The number of carboxylic acid groups (broad SMARTS) is 1. The first-order chi connectivity index (χ1) is 5.11.